The van der Waals surface area contributed by atoms with Crippen LogP contribution in [0, 0.1) is 5.82 Å². The summed E-state index contributed by atoms with van der Waals surface area (Å²) in [7, 11) is -4.08. The number of halogens is 1. The van der Waals surface area contributed by atoms with Crippen LogP contribution in [-0.4, -0.2) is 20.9 Å². The van der Waals surface area contributed by atoms with Gasteiger partial charge in [0.2, 0.25) is 5.91 Å². The molecule has 1 amide bonds. The molecule has 0 saturated carbocycles. The van der Waals surface area contributed by atoms with Crippen molar-refractivity contribution in [2.45, 2.75) is 50.0 Å². The number of fused-ring (bicyclic) bond motifs is 1. The number of carbonyl (C=O) groups excluding carboxylic acids is 1. The summed E-state index contributed by atoms with van der Waals surface area (Å²) in [5.74, 6) is -0.932. The molecule has 1 unspecified atom stereocenters. The van der Waals surface area contributed by atoms with E-state index in [2.05, 4.69) is 23.5 Å². The molecule has 5 nitrogen and oxygen atoms in total. The molecule has 0 spiro atoms. The highest BCUT2D eigenvalue weighted by atomic mass is 32.2. The van der Waals surface area contributed by atoms with Crippen LogP contribution < -0.4 is 9.62 Å². The van der Waals surface area contributed by atoms with Gasteiger partial charge in [0.1, 0.15) is 12.4 Å². The van der Waals surface area contributed by atoms with Gasteiger partial charge in [0.05, 0.1) is 16.6 Å². The quantitative estimate of drug-likeness (QED) is 0.484. The standard InChI is InChI=1S/C27H29FN2O3S/c1-2-26(22-13-12-20-8-6-7-9-21(20)18-22)29-27(31)19-30(24-10-4-3-5-11-24)34(32,33)25-16-14-23(28)15-17-25/h3-5,10-18,26H,2,6-9,19H2,1H3,(H,29,31). The van der Waals surface area contributed by atoms with E-state index < -0.39 is 21.7 Å². The summed E-state index contributed by atoms with van der Waals surface area (Å²) in [6, 6.07) is 19.2. The zero-order valence-electron chi connectivity index (χ0n) is 19.2. The first-order valence-corrected chi connectivity index (χ1v) is 13.1. The second-order valence-corrected chi connectivity index (χ2v) is 10.4. The van der Waals surface area contributed by atoms with Crippen molar-refractivity contribution < 1.29 is 17.6 Å². The van der Waals surface area contributed by atoms with Gasteiger partial charge in [-0.05, 0) is 85.2 Å². The first-order chi connectivity index (χ1) is 16.4. The van der Waals surface area contributed by atoms with Crippen molar-refractivity contribution in [1.82, 2.24) is 5.32 Å². The monoisotopic (exact) mass is 480 g/mol. The first-order valence-electron chi connectivity index (χ1n) is 11.6. The Morgan fingerprint density at radius 1 is 0.971 bits per heavy atom. The molecule has 0 aromatic heterocycles. The molecule has 7 heteroatoms. The summed E-state index contributed by atoms with van der Waals surface area (Å²) in [6.07, 6.45) is 5.20. The lowest BCUT2D eigenvalue weighted by Gasteiger charge is -2.26. The molecule has 0 heterocycles. The molecule has 1 N–H and O–H groups in total. The Balaban J connectivity index is 1.57. The van der Waals surface area contributed by atoms with E-state index in [9.17, 15) is 17.6 Å². The van der Waals surface area contributed by atoms with Crippen LogP contribution in [0.5, 0.6) is 0 Å². The molecule has 0 aliphatic heterocycles. The normalized spacial score (nSPS) is 14.2. The molecular formula is C27H29FN2O3S. The molecule has 3 aromatic rings. The summed E-state index contributed by atoms with van der Waals surface area (Å²) >= 11 is 0. The van der Waals surface area contributed by atoms with Gasteiger partial charge in [-0.1, -0.05) is 43.3 Å². The summed E-state index contributed by atoms with van der Waals surface area (Å²) in [4.78, 5) is 13.0. The van der Waals surface area contributed by atoms with Crippen LogP contribution in [0.15, 0.2) is 77.7 Å². The number of rotatable bonds is 8. The number of aryl methyl sites for hydroxylation is 2. The number of para-hydroxylation sites is 1. The number of benzene rings is 3. The summed E-state index contributed by atoms with van der Waals surface area (Å²) in [5.41, 5.74) is 4.10. The number of carbonyl (C=O) groups is 1. The van der Waals surface area contributed by atoms with E-state index in [1.54, 1.807) is 30.3 Å². The van der Waals surface area contributed by atoms with E-state index in [4.69, 9.17) is 0 Å². The average molecular weight is 481 g/mol. The SMILES string of the molecule is CCC(NC(=O)CN(c1ccccc1)S(=O)(=O)c1ccc(F)cc1)c1ccc2c(c1)CCCC2. The molecule has 0 radical (unpaired) electrons. The van der Waals surface area contributed by atoms with Crippen LogP contribution in [0.2, 0.25) is 0 Å². The molecule has 4 rings (SSSR count). The van der Waals surface area contributed by atoms with Crippen molar-refractivity contribution in [3.63, 3.8) is 0 Å². The van der Waals surface area contributed by atoms with Gasteiger partial charge in [0.25, 0.3) is 10.0 Å². The molecule has 34 heavy (non-hydrogen) atoms. The summed E-state index contributed by atoms with van der Waals surface area (Å²) in [6.45, 7) is 1.61. The third-order valence-electron chi connectivity index (χ3n) is 6.25. The zero-order chi connectivity index (χ0) is 24.1. The Morgan fingerprint density at radius 3 is 2.32 bits per heavy atom. The smallest absolute Gasteiger partial charge is 0.264 e. The topological polar surface area (TPSA) is 66.5 Å². The number of hydrogen-bond acceptors (Lipinski definition) is 3. The maximum absolute atomic E-state index is 13.4. The minimum absolute atomic E-state index is 0.0766. The maximum Gasteiger partial charge on any atom is 0.264 e. The van der Waals surface area contributed by atoms with Crippen LogP contribution in [-0.2, 0) is 27.7 Å². The van der Waals surface area contributed by atoms with Gasteiger partial charge in [-0.15, -0.1) is 0 Å². The lowest BCUT2D eigenvalue weighted by Crippen LogP contribution is -2.42. The van der Waals surface area contributed by atoms with Crippen LogP contribution in [0.1, 0.15) is 48.9 Å². The van der Waals surface area contributed by atoms with Crippen LogP contribution >= 0.6 is 0 Å². The van der Waals surface area contributed by atoms with E-state index in [1.165, 1.54) is 36.1 Å². The third kappa shape index (κ3) is 5.30. The van der Waals surface area contributed by atoms with E-state index >= 15 is 0 Å². The summed E-state index contributed by atoms with van der Waals surface area (Å²) in [5, 5.41) is 3.02. The molecule has 0 saturated heterocycles. The number of sulfonamides is 1. The third-order valence-corrected chi connectivity index (χ3v) is 8.04. The highest BCUT2D eigenvalue weighted by molar-refractivity contribution is 7.92. The first kappa shape index (κ1) is 24.0. The largest absolute Gasteiger partial charge is 0.348 e. The lowest BCUT2D eigenvalue weighted by atomic mass is 9.89. The van der Waals surface area contributed by atoms with E-state index in [1.807, 2.05) is 6.92 Å². The van der Waals surface area contributed by atoms with Gasteiger partial charge < -0.3 is 5.32 Å². The van der Waals surface area contributed by atoms with Crippen LogP contribution in [0.3, 0.4) is 0 Å². The predicted octanol–water partition coefficient (Wildman–Crippen LogP) is 5.17. The fourth-order valence-electron chi connectivity index (χ4n) is 4.40. The Kier molecular flexibility index (Phi) is 7.32. The predicted molar refractivity (Wildman–Crippen MR) is 132 cm³/mol. The van der Waals surface area contributed by atoms with E-state index in [0.29, 0.717) is 12.1 Å². The molecular weight excluding hydrogens is 451 g/mol. The van der Waals surface area contributed by atoms with Gasteiger partial charge in [0, 0.05) is 0 Å². The van der Waals surface area contributed by atoms with Crippen molar-refractivity contribution in [2.24, 2.45) is 0 Å². The van der Waals surface area contributed by atoms with Gasteiger partial charge >= 0.3 is 0 Å². The maximum atomic E-state index is 13.4. The highest BCUT2D eigenvalue weighted by Gasteiger charge is 2.28. The molecule has 178 valence electrons. The van der Waals surface area contributed by atoms with E-state index in [0.717, 1.165) is 34.8 Å². The van der Waals surface area contributed by atoms with Gasteiger partial charge in [-0.2, -0.15) is 0 Å². The Hall–Kier alpha value is -3.19. The summed E-state index contributed by atoms with van der Waals surface area (Å²) < 4.78 is 41.2. The zero-order valence-corrected chi connectivity index (χ0v) is 20.0. The van der Waals surface area contributed by atoms with E-state index in [-0.39, 0.29) is 17.5 Å². The van der Waals surface area contributed by atoms with Crippen molar-refractivity contribution in [3.05, 3.63) is 95.3 Å². The second-order valence-electron chi connectivity index (χ2n) is 8.56. The average Bonchev–Trinajstić information content (AvgIpc) is 2.86. The second kappa shape index (κ2) is 10.4. The molecule has 1 atom stereocenters. The van der Waals surface area contributed by atoms with Crippen molar-refractivity contribution in [1.29, 1.82) is 0 Å². The van der Waals surface area contributed by atoms with Crippen molar-refractivity contribution >= 4 is 21.6 Å². The number of amides is 1. The number of nitrogens with zero attached hydrogens (tertiary/aromatic N) is 1. The fraction of sp³-hybridized carbons (Fsp3) is 0.296. The van der Waals surface area contributed by atoms with Gasteiger partial charge in [0.15, 0.2) is 0 Å². The Bertz CT molecular complexity index is 1240. The molecule has 0 bridgehead atoms. The minimum atomic E-state index is -4.08. The fourth-order valence-corrected chi connectivity index (χ4v) is 5.83. The van der Waals surface area contributed by atoms with Crippen molar-refractivity contribution in [3.8, 4) is 0 Å². The molecule has 3 aromatic carbocycles. The van der Waals surface area contributed by atoms with Crippen LogP contribution in [0.25, 0.3) is 0 Å². The molecule has 0 fully saturated rings. The Labute approximate surface area is 200 Å². The van der Waals surface area contributed by atoms with Gasteiger partial charge in [-0.3, -0.25) is 9.10 Å². The Morgan fingerprint density at radius 2 is 1.65 bits per heavy atom. The van der Waals surface area contributed by atoms with Crippen molar-refractivity contribution in [2.75, 3.05) is 10.8 Å². The molecule has 1 aliphatic carbocycles. The number of nitrogens with one attached hydrogen (secondary N) is 1. The lowest BCUT2D eigenvalue weighted by molar-refractivity contribution is -0.120. The number of anilines is 1. The highest BCUT2D eigenvalue weighted by Crippen LogP contribution is 2.27. The van der Waals surface area contributed by atoms with Crippen LogP contribution in [0.4, 0.5) is 10.1 Å². The minimum Gasteiger partial charge on any atom is -0.348 e. The van der Waals surface area contributed by atoms with Gasteiger partial charge in [-0.25, -0.2) is 12.8 Å². The molecule has 1 aliphatic rings. The number of hydrogen-bond donors (Lipinski definition) is 1.